The van der Waals surface area contributed by atoms with Crippen molar-refractivity contribution in [1.82, 2.24) is 16.0 Å². The van der Waals surface area contributed by atoms with Crippen LogP contribution < -0.4 is 16.0 Å². The Labute approximate surface area is 198 Å². The van der Waals surface area contributed by atoms with Crippen LogP contribution in [0.15, 0.2) is 0 Å². The molecule has 2 amide bonds. The van der Waals surface area contributed by atoms with E-state index in [-0.39, 0.29) is 42.4 Å². The van der Waals surface area contributed by atoms with Gasteiger partial charge in [0.2, 0.25) is 11.8 Å². The number of nitrogens with one attached hydrogen (secondary N) is 3. The first kappa shape index (κ1) is 24.5. The van der Waals surface area contributed by atoms with E-state index >= 15 is 0 Å². The van der Waals surface area contributed by atoms with E-state index < -0.39 is 28.7 Å². The minimum Gasteiger partial charge on any atom is -0.391 e. The fraction of sp³-hybridized carbons (Fsp3) is 0.909. The summed E-state index contributed by atoms with van der Waals surface area (Å²) < 4.78 is 19.4. The Balaban J connectivity index is 1.26. The maximum Gasteiger partial charge on any atom is 0.246 e. The van der Waals surface area contributed by atoms with Gasteiger partial charge in [0.1, 0.15) is 12.8 Å². The molecule has 5 rings (SSSR count). The van der Waals surface area contributed by atoms with Gasteiger partial charge in [0.05, 0.1) is 29.2 Å². The van der Waals surface area contributed by atoms with Gasteiger partial charge in [-0.2, -0.15) is 0 Å². The third kappa shape index (κ3) is 5.35. The van der Waals surface area contributed by atoms with E-state index in [4.69, 9.17) is 27.9 Å². The molecule has 0 radical (unpaired) electrons. The van der Waals surface area contributed by atoms with Gasteiger partial charge in [0.15, 0.2) is 0 Å². The predicted molar refractivity (Wildman–Crippen MR) is 120 cm³/mol. The topological polar surface area (TPSA) is 99.7 Å². The first-order valence-corrected chi connectivity index (χ1v) is 12.7. The third-order valence-corrected chi connectivity index (χ3v) is 8.73. The first-order valence-electron chi connectivity index (χ1n) is 11.8. The molecule has 5 fully saturated rings. The highest BCUT2D eigenvalue weighted by atomic mass is 35.5. The SMILES string of the molecule is O=C(COC1CCC(Cl)C(F)C1)NC12CCC(NC(=O)C3CCC(Cl)CN3)(CC1)C[C@@H]2O. The minimum absolute atomic E-state index is 0.0366. The molecule has 4 saturated carbocycles. The molecule has 4 aliphatic carbocycles. The third-order valence-electron chi connectivity index (χ3n) is 7.86. The van der Waals surface area contributed by atoms with Crippen molar-refractivity contribution in [2.24, 2.45) is 0 Å². The lowest BCUT2D eigenvalue weighted by Gasteiger charge is -2.56. The highest BCUT2D eigenvalue weighted by Crippen LogP contribution is 2.47. The molecule has 6 atom stereocenters. The van der Waals surface area contributed by atoms with Crippen molar-refractivity contribution in [3.05, 3.63) is 0 Å². The molecule has 5 aliphatic rings. The first-order chi connectivity index (χ1) is 15.2. The number of aliphatic hydroxyl groups is 1. The van der Waals surface area contributed by atoms with Crippen LogP contribution in [0.2, 0.25) is 0 Å². The zero-order valence-electron chi connectivity index (χ0n) is 18.3. The molecule has 0 spiro atoms. The summed E-state index contributed by atoms with van der Waals surface area (Å²) in [4.78, 5) is 25.3. The van der Waals surface area contributed by atoms with Crippen LogP contribution >= 0.6 is 23.2 Å². The smallest absolute Gasteiger partial charge is 0.246 e. The Bertz CT molecular complexity index is 699. The molecule has 1 heterocycles. The number of fused-ring (bicyclic) bond motifs is 3. The quantitative estimate of drug-likeness (QED) is 0.423. The van der Waals surface area contributed by atoms with Crippen molar-refractivity contribution in [2.75, 3.05) is 13.2 Å². The normalized spacial score (nSPS) is 44.1. The van der Waals surface area contributed by atoms with Crippen LogP contribution in [-0.2, 0) is 14.3 Å². The zero-order valence-corrected chi connectivity index (χ0v) is 19.8. The van der Waals surface area contributed by atoms with Gasteiger partial charge in [0, 0.05) is 23.9 Å². The van der Waals surface area contributed by atoms with Gasteiger partial charge >= 0.3 is 0 Å². The number of ether oxygens (including phenoxy) is 1. The fourth-order valence-corrected chi connectivity index (χ4v) is 6.20. The summed E-state index contributed by atoms with van der Waals surface area (Å²) in [5, 5.41) is 19.9. The number of carbonyl (C=O) groups is 2. The molecule has 1 aliphatic heterocycles. The van der Waals surface area contributed by atoms with E-state index in [1.165, 1.54) is 0 Å². The van der Waals surface area contributed by atoms with E-state index in [9.17, 15) is 19.1 Å². The number of amides is 2. The minimum atomic E-state index is -1.11. The number of aliphatic hydroxyl groups excluding tert-OH is 1. The molecule has 4 N–H and O–H groups in total. The summed E-state index contributed by atoms with van der Waals surface area (Å²) in [6.07, 6.45) is 3.71. The van der Waals surface area contributed by atoms with Crippen LogP contribution in [-0.4, -0.2) is 76.3 Å². The van der Waals surface area contributed by atoms with Gasteiger partial charge in [-0.25, -0.2) is 4.39 Å². The number of hydrogen-bond acceptors (Lipinski definition) is 5. The Kier molecular flexibility index (Phi) is 7.57. The average Bonchev–Trinajstić information content (AvgIpc) is 2.76. The van der Waals surface area contributed by atoms with Crippen LogP contribution in [0.5, 0.6) is 0 Å². The Morgan fingerprint density at radius 3 is 2.47 bits per heavy atom. The van der Waals surface area contributed by atoms with Gasteiger partial charge in [-0.05, 0) is 57.8 Å². The molecule has 2 bridgehead atoms. The number of carbonyl (C=O) groups excluding carboxylic acids is 2. The van der Waals surface area contributed by atoms with Crippen LogP contribution in [0.4, 0.5) is 4.39 Å². The summed E-state index contributed by atoms with van der Waals surface area (Å²) in [5.41, 5.74) is -1.13. The lowest BCUT2D eigenvalue weighted by atomic mass is 9.59. The van der Waals surface area contributed by atoms with Crippen molar-refractivity contribution in [3.8, 4) is 0 Å². The molecular formula is C22H34Cl2FN3O4. The molecule has 7 nitrogen and oxygen atoms in total. The second kappa shape index (κ2) is 9.90. The second-order valence-corrected chi connectivity index (χ2v) is 11.3. The van der Waals surface area contributed by atoms with Crippen LogP contribution in [0.3, 0.4) is 0 Å². The number of piperidine rings is 1. The molecule has 1 saturated heterocycles. The summed E-state index contributed by atoms with van der Waals surface area (Å²) in [7, 11) is 0. The van der Waals surface area contributed by atoms with Crippen molar-refractivity contribution in [3.63, 3.8) is 0 Å². The van der Waals surface area contributed by atoms with Gasteiger partial charge in [-0.1, -0.05) is 0 Å². The standard InChI is InChI=1S/C22H34Cl2FN3O4/c23-13-1-4-17(26-11-13)20(31)28-21-5-7-22(8-6-21,18(29)10-21)27-19(30)12-32-14-2-3-15(24)16(25)9-14/h13-18,26,29H,1-12H2,(H,27,30)(H,28,31)/t13?,14?,15?,16?,17?,18-,21?,22?/m0/s1. The van der Waals surface area contributed by atoms with E-state index in [1.807, 2.05) is 0 Å². The van der Waals surface area contributed by atoms with Crippen molar-refractivity contribution < 1.29 is 23.8 Å². The molecule has 0 aromatic carbocycles. The fourth-order valence-electron chi connectivity index (χ4n) is 5.76. The Morgan fingerprint density at radius 1 is 1.09 bits per heavy atom. The molecular weight excluding hydrogens is 460 g/mol. The summed E-state index contributed by atoms with van der Waals surface area (Å²) in [6.45, 7) is 0.460. The van der Waals surface area contributed by atoms with E-state index in [0.29, 0.717) is 57.9 Å². The molecule has 5 unspecified atom stereocenters. The highest BCUT2D eigenvalue weighted by molar-refractivity contribution is 6.21. The summed E-state index contributed by atoms with van der Waals surface area (Å²) in [6, 6.07) is -0.250. The highest BCUT2D eigenvalue weighted by Gasteiger charge is 2.55. The molecule has 32 heavy (non-hydrogen) atoms. The van der Waals surface area contributed by atoms with Gasteiger partial charge < -0.3 is 25.8 Å². The lowest BCUT2D eigenvalue weighted by molar-refractivity contribution is -0.140. The van der Waals surface area contributed by atoms with Gasteiger partial charge in [-0.15, -0.1) is 23.2 Å². The number of hydrogen-bond donors (Lipinski definition) is 4. The Hall–Kier alpha value is -0.670. The number of halogens is 3. The van der Waals surface area contributed by atoms with Gasteiger partial charge in [-0.3, -0.25) is 9.59 Å². The average molecular weight is 494 g/mol. The van der Waals surface area contributed by atoms with E-state index in [0.717, 1.165) is 6.42 Å². The number of alkyl halides is 3. The molecule has 182 valence electrons. The number of rotatable bonds is 6. The van der Waals surface area contributed by atoms with E-state index in [2.05, 4.69) is 16.0 Å². The Morgan fingerprint density at radius 2 is 1.84 bits per heavy atom. The molecule has 0 aromatic rings. The monoisotopic (exact) mass is 493 g/mol. The maximum absolute atomic E-state index is 13.8. The molecule has 10 heteroatoms. The van der Waals surface area contributed by atoms with Crippen LogP contribution in [0.1, 0.15) is 64.2 Å². The second-order valence-electron chi connectivity index (χ2n) is 10.1. The maximum atomic E-state index is 13.8. The summed E-state index contributed by atoms with van der Waals surface area (Å²) in [5.74, 6) is -0.335. The van der Waals surface area contributed by atoms with E-state index in [1.54, 1.807) is 0 Å². The van der Waals surface area contributed by atoms with Crippen molar-refractivity contribution in [1.29, 1.82) is 0 Å². The van der Waals surface area contributed by atoms with Crippen molar-refractivity contribution in [2.45, 2.75) is 110 Å². The zero-order chi connectivity index (χ0) is 22.9. The van der Waals surface area contributed by atoms with Crippen LogP contribution in [0, 0.1) is 0 Å². The largest absolute Gasteiger partial charge is 0.391 e. The predicted octanol–water partition coefficient (Wildman–Crippen LogP) is 1.91. The molecule has 0 aromatic heterocycles. The lowest BCUT2D eigenvalue weighted by Crippen LogP contribution is -2.71. The van der Waals surface area contributed by atoms with Gasteiger partial charge in [0.25, 0.3) is 0 Å². The van der Waals surface area contributed by atoms with Crippen molar-refractivity contribution >= 4 is 35.0 Å². The van der Waals surface area contributed by atoms with Crippen LogP contribution in [0.25, 0.3) is 0 Å². The summed E-state index contributed by atoms with van der Waals surface area (Å²) >= 11 is 12.0.